The highest BCUT2D eigenvalue weighted by molar-refractivity contribution is 9.11. The van der Waals surface area contributed by atoms with Crippen LogP contribution in [0.25, 0.3) is 0 Å². The predicted molar refractivity (Wildman–Crippen MR) is 131 cm³/mol. The van der Waals surface area contributed by atoms with Crippen molar-refractivity contribution in [3.63, 3.8) is 0 Å². The molecule has 0 heterocycles. The van der Waals surface area contributed by atoms with Crippen LogP contribution >= 0.6 is 44.1 Å². The molecule has 0 unspecified atom stereocenters. The Hall–Kier alpha value is -2.36. The molecule has 0 aliphatic rings. The van der Waals surface area contributed by atoms with Crippen molar-refractivity contribution < 1.29 is 13.6 Å². The minimum absolute atomic E-state index is 0.0463. The molecule has 0 fully saturated rings. The van der Waals surface area contributed by atoms with E-state index in [1.54, 1.807) is 30.3 Å². The summed E-state index contributed by atoms with van der Waals surface area (Å²) >= 11 is 12.2. The van der Waals surface area contributed by atoms with Gasteiger partial charge in [0, 0.05) is 21.2 Å². The molecule has 3 aromatic carbocycles. The van der Waals surface area contributed by atoms with Crippen LogP contribution in [0, 0.1) is 11.6 Å². The third kappa shape index (κ3) is 6.56. The summed E-state index contributed by atoms with van der Waals surface area (Å²) in [5.74, 6) is -1.42. The molecular formula is C22H17Br2F2N3OS. The van der Waals surface area contributed by atoms with Crippen molar-refractivity contribution >= 4 is 66.5 Å². The predicted octanol–water partition coefficient (Wildman–Crippen LogP) is 6.27. The van der Waals surface area contributed by atoms with Gasteiger partial charge < -0.3 is 16.0 Å². The number of hydrogen-bond donors (Lipinski definition) is 3. The number of nitrogens with one attached hydrogen (secondary N) is 3. The minimum Gasteiger partial charge on any atom is -0.362 e. The van der Waals surface area contributed by atoms with Crippen molar-refractivity contribution in [2.24, 2.45) is 0 Å². The van der Waals surface area contributed by atoms with E-state index in [-0.39, 0.29) is 11.4 Å². The Morgan fingerprint density at radius 2 is 1.58 bits per heavy atom. The molecule has 3 aromatic rings. The van der Waals surface area contributed by atoms with Gasteiger partial charge in [-0.15, -0.1) is 0 Å². The third-order valence-electron chi connectivity index (χ3n) is 4.27. The maximum atomic E-state index is 13.8. The maximum absolute atomic E-state index is 13.8. The number of rotatable bonds is 6. The zero-order valence-corrected chi connectivity index (χ0v) is 20.0. The van der Waals surface area contributed by atoms with Crippen LogP contribution in [-0.4, -0.2) is 17.6 Å². The van der Waals surface area contributed by atoms with Crippen molar-refractivity contribution in [1.29, 1.82) is 0 Å². The minimum atomic E-state index is -0.595. The third-order valence-corrected chi connectivity index (χ3v) is 5.77. The molecule has 0 bridgehead atoms. The van der Waals surface area contributed by atoms with E-state index >= 15 is 0 Å². The number of hydrogen-bond acceptors (Lipinski definition) is 2. The molecule has 0 saturated heterocycles. The lowest BCUT2D eigenvalue weighted by atomic mass is 10.1. The zero-order chi connectivity index (χ0) is 22.4. The van der Waals surface area contributed by atoms with E-state index in [1.165, 1.54) is 30.3 Å². The molecule has 1 amide bonds. The molecule has 9 heteroatoms. The summed E-state index contributed by atoms with van der Waals surface area (Å²) in [6, 6.07) is 15.6. The molecule has 0 aliphatic heterocycles. The topological polar surface area (TPSA) is 53.2 Å². The molecule has 0 atom stereocenters. The first kappa shape index (κ1) is 23.3. The largest absolute Gasteiger partial charge is 0.362 e. The van der Waals surface area contributed by atoms with Gasteiger partial charge in [-0.1, -0.05) is 24.3 Å². The van der Waals surface area contributed by atoms with E-state index in [9.17, 15) is 13.6 Å². The lowest BCUT2D eigenvalue weighted by Crippen LogP contribution is -2.30. The Balaban J connectivity index is 1.59. The van der Waals surface area contributed by atoms with Crippen LogP contribution in [0.1, 0.15) is 15.9 Å². The van der Waals surface area contributed by atoms with E-state index in [0.717, 1.165) is 5.56 Å². The van der Waals surface area contributed by atoms with Crippen LogP contribution in [0.5, 0.6) is 0 Å². The summed E-state index contributed by atoms with van der Waals surface area (Å²) in [5.41, 5.74) is 2.10. The molecule has 0 spiro atoms. The second-order valence-corrected chi connectivity index (χ2v) is 8.62. The van der Waals surface area contributed by atoms with Gasteiger partial charge in [-0.2, -0.15) is 0 Å². The highest BCUT2D eigenvalue weighted by Gasteiger charge is 2.15. The van der Waals surface area contributed by atoms with Gasteiger partial charge in [-0.3, -0.25) is 4.79 Å². The second kappa shape index (κ2) is 10.8. The Morgan fingerprint density at radius 1 is 0.935 bits per heavy atom. The molecule has 160 valence electrons. The molecule has 0 radical (unpaired) electrons. The molecule has 3 rings (SSSR count). The summed E-state index contributed by atoms with van der Waals surface area (Å²) in [5, 5.41) is 9.28. The van der Waals surface area contributed by atoms with Crippen molar-refractivity contribution in [2.75, 3.05) is 17.2 Å². The van der Waals surface area contributed by atoms with Crippen LogP contribution in [-0.2, 0) is 6.42 Å². The van der Waals surface area contributed by atoms with Crippen LogP contribution in [0.4, 0.5) is 20.2 Å². The Labute approximate surface area is 200 Å². The lowest BCUT2D eigenvalue weighted by molar-refractivity contribution is 0.102. The fraction of sp³-hybridized carbons (Fsp3) is 0.0909. The van der Waals surface area contributed by atoms with E-state index in [4.69, 9.17) is 12.2 Å². The number of thiocarbonyl (C=S) groups is 1. The Kier molecular flexibility index (Phi) is 8.11. The first-order chi connectivity index (χ1) is 14.8. The van der Waals surface area contributed by atoms with Gasteiger partial charge in [-0.25, -0.2) is 8.78 Å². The summed E-state index contributed by atoms with van der Waals surface area (Å²) in [6.07, 6.45) is 0.691. The van der Waals surface area contributed by atoms with Crippen molar-refractivity contribution in [3.8, 4) is 0 Å². The Bertz CT molecular complexity index is 1090. The number of carbonyl (C=O) groups excluding carboxylic acids is 1. The van der Waals surface area contributed by atoms with Crippen LogP contribution in [0.15, 0.2) is 69.6 Å². The highest BCUT2D eigenvalue weighted by Crippen LogP contribution is 2.35. The van der Waals surface area contributed by atoms with E-state index in [0.29, 0.717) is 38.4 Å². The lowest BCUT2D eigenvalue weighted by Gasteiger charge is -2.15. The van der Waals surface area contributed by atoms with Gasteiger partial charge in [0.05, 0.1) is 11.3 Å². The normalized spacial score (nSPS) is 10.5. The first-order valence-corrected chi connectivity index (χ1v) is 11.2. The van der Waals surface area contributed by atoms with Crippen molar-refractivity contribution in [3.05, 3.63) is 92.4 Å². The van der Waals surface area contributed by atoms with Crippen LogP contribution in [0.3, 0.4) is 0 Å². The average Bonchev–Trinajstić information content (AvgIpc) is 2.72. The van der Waals surface area contributed by atoms with Gasteiger partial charge >= 0.3 is 0 Å². The second-order valence-electron chi connectivity index (χ2n) is 6.51. The molecule has 0 saturated carbocycles. The monoisotopic (exact) mass is 567 g/mol. The van der Waals surface area contributed by atoms with Crippen molar-refractivity contribution in [1.82, 2.24) is 5.32 Å². The van der Waals surface area contributed by atoms with Crippen LogP contribution in [0.2, 0.25) is 0 Å². The summed E-state index contributed by atoms with van der Waals surface area (Å²) in [7, 11) is 0. The van der Waals surface area contributed by atoms with Crippen LogP contribution < -0.4 is 16.0 Å². The zero-order valence-electron chi connectivity index (χ0n) is 16.0. The summed E-state index contributed by atoms with van der Waals surface area (Å²) in [4.78, 5) is 12.4. The molecular weight excluding hydrogens is 552 g/mol. The smallest absolute Gasteiger partial charge is 0.258 e. The first-order valence-electron chi connectivity index (χ1n) is 9.17. The fourth-order valence-corrected chi connectivity index (χ4v) is 4.34. The highest BCUT2D eigenvalue weighted by atomic mass is 79.9. The van der Waals surface area contributed by atoms with Gasteiger partial charge in [-0.05, 0) is 92.5 Å². The number of carbonyl (C=O) groups is 1. The number of amides is 1. The molecule has 31 heavy (non-hydrogen) atoms. The van der Waals surface area contributed by atoms with Crippen molar-refractivity contribution in [2.45, 2.75) is 6.42 Å². The molecule has 0 aromatic heterocycles. The summed E-state index contributed by atoms with van der Waals surface area (Å²) < 4.78 is 28.0. The van der Waals surface area contributed by atoms with E-state index in [1.807, 2.05) is 0 Å². The maximum Gasteiger partial charge on any atom is 0.258 e. The quantitative estimate of drug-likeness (QED) is 0.307. The number of anilines is 2. The van der Waals surface area contributed by atoms with Gasteiger partial charge in [0.1, 0.15) is 11.6 Å². The number of halogens is 4. The number of benzene rings is 3. The van der Waals surface area contributed by atoms with Gasteiger partial charge in [0.15, 0.2) is 5.11 Å². The van der Waals surface area contributed by atoms with E-state index in [2.05, 4.69) is 47.8 Å². The SMILES string of the molecule is O=C(Nc1c(Br)cc(NC(=S)NCCc2ccc(F)cc2)cc1Br)c1ccccc1F. The summed E-state index contributed by atoms with van der Waals surface area (Å²) in [6.45, 7) is 0.580. The van der Waals surface area contributed by atoms with Gasteiger partial charge in [0.25, 0.3) is 5.91 Å². The molecule has 4 nitrogen and oxygen atoms in total. The fourth-order valence-electron chi connectivity index (χ4n) is 2.74. The Morgan fingerprint density at radius 3 is 2.23 bits per heavy atom. The molecule has 0 aliphatic carbocycles. The molecule has 3 N–H and O–H groups in total. The van der Waals surface area contributed by atoms with Gasteiger partial charge in [0.2, 0.25) is 0 Å². The van der Waals surface area contributed by atoms with E-state index < -0.39 is 11.7 Å². The standard InChI is InChI=1S/C22H17Br2F2N3OS/c23-17-11-15(28-22(31)27-10-9-13-5-7-14(25)8-6-13)12-18(24)20(17)29-21(30)16-3-1-2-4-19(16)26/h1-8,11-12H,9-10H2,(H,29,30)(H2,27,28,31). The average molecular weight is 569 g/mol.